The van der Waals surface area contributed by atoms with Crippen molar-refractivity contribution < 1.29 is 4.79 Å². The second-order valence-corrected chi connectivity index (χ2v) is 5.36. The van der Waals surface area contributed by atoms with Crippen molar-refractivity contribution in [2.75, 3.05) is 5.73 Å². The fourth-order valence-corrected chi connectivity index (χ4v) is 2.40. The summed E-state index contributed by atoms with van der Waals surface area (Å²) in [6, 6.07) is 13.1. The van der Waals surface area contributed by atoms with Crippen molar-refractivity contribution in [1.82, 2.24) is 5.32 Å². The molecule has 2 aromatic rings. The molecule has 2 rings (SSSR count). The number of nitrogen functional groups attached to an aromatic ring is 1. The fraction of sp³-hybridized carbons (Fsp3) is 0.133. The van der Waals surface area contributed by atoms with Gasteiger partial charge in [0.25, 0.3) is 5.91 Å². The van der Waals surface area contributed by atoms with E-state index >= 15 is 0 Å². The first-order valence-electron chi connectivity index (χ1n) is 5.94. The van der Waals surface area contributed by atoms with Gasteiger partial charge in [-0.25, -0.2) is 0 Å². The second kappa shape index (κ2) is 5.89. The highest BCUT2D eigenvalue weighted by atomic mass is 79.9. The molecule has 0 radical (unpaired) electrons. The number of rotatable bonds is 3. The van der Waals surface area contributed by atoms with Crippen molar-refractivity contribution in [3.8, 4) is 0 Å². The molecule has 2 aromatic carbocycles. The monoisotopic (exact) mass is 318 g/mol. The summed E-state index contributed by atoms with van der Waals surface area (Å²) < 4.78 is 0.908. The predicted octanol–water partition coefficient (Wildman–Crippen LogP) is 3.27. The van der Waals surface area contributed by atoms with Crippen LogP contribution in [0.3, 0.4) is 0 Å². The van der Waals surface area contributed by atoms with Gasteiger partial charge in [0.15, 0.2) is 0 Å². The smallest absolute Gasteiger partial charge is 0.251 e. The molecule has 0 unspecified atom stereocenters. The van der Waals surface area contributed by atoms with Crippen LogP contribution < -0.4 is 11.1 Å². The first kappa shape index (κ1) is 13.6. The third-order valence-electron chi connectivity index (χ3n) is 2.74. The van der Waals surface area contributed by atoms with Crippen LogP contribution in [-0.2, 0) is 6.54 Å². The van der Waals surface area contributed by atoms with Gasteiger partial charge in [0.1, 0.15) is 0 Å². The lowest BCUT2D eigenvalue weighted by molar-refractivity contribution is 0.0951. The lowest BCUT2D eigenvalue weighted by Gasteiger charge is -2.07. The maximum absolute atomic E-state index is 12.0. The van der Waals surface area contributed by atoms with E-state index in [0.717, 1.165) is 21.3 Å². The summed E-state index contributed by atoms with van der Waals surface area (Å²) in [5.74, 6) is -0.0822. The van der Waals surface area contributed by atoms with Crippen LogP contribution in [0, 0.1) is 6.92 Å². The molecule has 4 heteroatoms. The number of nitrogens with one attached hydrogen (secondary N) is 1. The molecule has 3 nitrogen and oxygen atoms in total. The summed E-state index contributed by atoms with van der Waals surface area (Å²) in [7, 11) is 0. The Balaban J connectivity index is 2.03. The van der Waals surface area contributed by atoms with Crippen LogP contribution in [-0.4, -0.2) is 5.91 Å². The van der Waals surface area contributed by atoms with Gasteiger partial charge < -0.3 is 11.1 Å². The molecule has 0 aliphatic heterocycles. The SMILES string of the molecule is Cc1cc(Br)cc(C(=O)NCc2ccc(N)cc2)c1. The van der Waals surface area contributed by atoms with Gasteiger partial charge in [0.2, 0.25) is 0 Å². The largest absolute Gasteiger partial charge is 0.399 e. The highest BCUT2D eigenvalue weighted by Gasteiger charge is 2.06. The summed E-state index contributed by atoms with van der Waals surface area (Å²) >= 11 is 3.39. The summed E-state index contributed by atoms with van der Waals surface area (Å²) in [6.45, 7) is 2.45. The fourth-order valence-electron chi connectivity index (χ4n) is 1.79. The minimum absolute atomic E-state index is 0.0822. The number of aryl methyl sites for hydroxylation is 1. The van der Waals surface area contributed by atoms with E-state index in [1.165, 1.54) is 0 Å². The van der Waals surface area contributed by atoms with Gasteiger partial charge >= 0.3 is 0 Å². The van der Waals surface area contributed by atoms with Crippen LogP contribution >= 0.6 is 15.9 Å². The Bertz CT molecular complexity index is 573. The summed E-state index contributed by atoms with van der Waals surface area (Å²) in [6.07, 6.45) is 0. The predicted molar refractivity (Wildman–Crippen MR) is 80.9 cm³/mol. The number of carbonyl (C=O) groups excluding carboxylic acids is 1. The zero-order valence-corrected chi connectivity index (χ0v) is 12.2. The maximum Gasteiger partial charge on any atom is 0.251 e. The number of nitrogens with two attached hydrogens (primary N) is 1. The van der Waals surface area contributed by atoms with Gasteiger partial charge in [0.05, 0.1) is 0 Å². The molecular formula is C15H15BrN2O. The Morgan fingerprint density at radius 3 is 2.53 bits per heavy atom. The lowest BCUT2D eigenvalue weighted by atomic mass is 10.1. The summed E-state index contributed by atoms with van der Waals surface area (Å²) in [5.41, 5.74) is 9.06. The third kappa shape index (κ3) is 3.83. The number of hydrogen-bond acceptors (Lipinski definition) is 2. The van der Waals surface area contributed by atoms with E-state index in [1.807, 2.05) is 49.4 Å². The Morgan fingerprint density at radius 1 is 1.21 bits per heavy atom. The molecule has 3 N–H and O–H groups in total. The van der Waals surface area contributed by atoms with Gasteiger partial charge in [-0.2, -0.15) is 0 Å². The van der Waals surface area contributed by atoms with E-state index in [0.29, 0.717) is 12.1 Å². The zero-order chi connectivity index (χ0) is 13.8. The van der Waals surface area contributed by atoms with Crippen molar-refractivity contribution in [2.45, 2.75) is 13.5 Å². The molecule has 98 valence electrons. The molecule has 0 spiro atoms. The number of carbonyl (C=O) groups is 1. The molecule has 0 saturated carbocycles. The molecule has 1 amide bonds. The lowest BCUT2D eigenvalue weighted by Crippen LogP contribution is -2.22. The molecule has 0 heterocycles. The normalized spacial score (nSPS) is 10.2. The second-order valence-electron chi connectivity index (χ2n) is 4.44. The quantitative estimate of drug-likeness (QED) is 0.853. The van der Waals surface area contributed by atoms with Crippen LogP contribution in [0.5, 0.6) is 0 Å². The molecule has 0 aromatic heterocycles. The van der Waals surface area contributed by atoms with Crippen LogP contribution in [0.4, 0.5) is 5.69 Å². The van der Waals surface area contributed by atoms with Crippen LogP contribution in [0.1, 0.15) is 21.5 Å². The molecule has 0 bridgehead atoms. The topological polar surface area (TPSA) is 55.1 Å². The van der Waals surface area contributed by atoms with Crippen molar-refractivity contribution >= 4 is 27.5 Å². The molecule has 0 saturated heterocycles. The summed E-state index contributed by atoms with van der Waals surface area (Å²) in [5, 5.41) is 2.89. The van der Waals surface area contributed by atoms with Crippen LogP contribution in [0.15, 0.2) is 46.9 Å². The van der Waals surface area contributed by atoms with Crippen LogP contribution in [0.2, 0.25) is 0 Å². The van der Waals surface area contributed by atoms with E-state index in [1.54, 1.807) is 0 Å². The van der Waals surface area contributed by atoms with Gasteiger partial charge in [-0.15, -0.1) is 0 Å². The van der Waals surface area contributed by atoms with E-state index < -0.39 is 0 Å². The van der Waals surface area contributed by atoms with Gasteiger partial charge in [-0.05, 0) is 48.4 Å². The first-order valence-corrected chi connectivity index (χ1v) is 6.74. The minimum atomic E-state index is -0.0822. The average molecular weight is 319 g/mol. The molecular weight excluding hydrogens is 304 g/mol. The molecule has 0 fully saturated rings. The number of hydrogen-bond donors (Lipinski definition) is 2. The molecule has 19 heavy (non-hydrogen) atoms. The average Bonchev–Trinajstić information content (AvgIpc) is 2.36. The van der Waals surface area contributed by atoms with Crippen molar-refractivity contribution in [3.63, 3.8) is 0 Å². The zero-order valence-electron chi connectivity index (χ0n) is 10.6. The van der Waals surface area contributed by atoms with Gasteiger partial charge in [0, 0.05) is 22.3 Å². The highest BCUT2D eigenvalue weighted by molar-refractivity contribution is 9.10. The maximum atomic E-state index is 12.0. The van der Waals surface area contributed by atoms with E-state index in [2.05, 4.69) is 21.2 Å². The Morgan fingerprint density at radius 2 is 1.89 bits per heavy atom. The third-order valence-corrected chi connectivity index (χ3v) is 3.19. The van der Waals surface area contributed by atoms with E-state index in [4.69, 9.17) is 5.73 Å². The van der Waals surface area contributed by atoms with Crippen molar-refractivity contribution in [3.05, 3.63) is 63.6 Å². The van der Waals surface area contributed by atoms with E-state index in [-0.39, 0.29) is 5.91 Å². The first-order chi connectivity index (χ1) is 9.04. The Labute approximate surface area is 121 Å². The number of halogens is 1. The number of benzene rings is 2. The Hall–Kier alpha value is -1.81. The van der Waals surface area contributed by atoms with E-state index in [9.17, 15) is 4.79 Å². The number of amides is 1. The van der Waals surface area contributed by atoms with Gasteiger partial charge in [-0.3, -0.25) is 4.79 Å². The minimum Gasteiger partial charge on any atom is -0.399 e. The standard InChI is InChI=1S/C15H15BrN2O/c1-10-6-12(8-13(16)7-10)15(19)18-9-11-2-4-14(17)5-3-11/h2-8H,9,17H2,1H3,(H,18,19). The van der Waals surface area contributed by atoms with Crippen molar-refractivity contribution in [2.24, 2.45) is 0 Å². The van der Waals surface area contributed by atoms with Crippen LogP contribution in [0.25, 0.3) is 0 Å². The molecule has 0 aliphatic carbocycles. The number of anilines is 1. The Kier molecular flexibility index (Phi) is 4.22. The van der Waals surface area contributed by atoms with Gasteiger partial charge in [-0.1, -0.05) is 28.1 Å². The summed E-state index contributed by atoms with van der Waals surface area (Å²) in [4.78, 5) is 12.0. The molecule has 0 atom stereocenters. The molecule has 0 aliphatic rings. The highest BCUT2D eigenvalue weighted by Crippen LogP contribution is 2.15. The van der Waals surface area contributed by atoms with Crippen molar-refractivity contribution in [1.29, 1.82) is 0 Å².